The molecule has 2 N–H and O–H groups in total. The Labute approximate surface area is 143 Å². The van der Waals surface area contributed by atoms with E-state index in [0.29, 0.717) is 24.6 Å². The van der Waals surface area contributed by atoms with Crippen molar-refractivity contribution in [2.75, 3.05) is 20.3 Å². The number of nitrogens with zero attached hydrogens (tertiary/aromatic N) is 1. The third kappa shape index (κ3) is 2.99. The zero-order chi connectivity index (χ0) is 17.2. The van der Waals surface area contributed by atoms with Crippen LogP contribution in [-0.2, 0) is 4.74 Å². The number of hydrogen-bond acceptors (Lipinski definition) is 4. The van der Waals surface area contributed by atoms with Gasteiger partial charge in [0.15, 0.2) is 5.69 Å². The number of hydrogen-bond donors (Lipinski definition) is 2. The van der Waals surface area contributed by atoms with E-state index >= 15 is 0 Å². The Bertz CT molecular complexity index is 1100. The molecule has 2 heterocycles. The zero-order valence-electron chi connectivity index (χ0n) is 13.7. The Balaban J connectivity index is 1.74. The molecular formula is C19H17N3O3. The van der Waals surface area contributed by atoms with Crippen molar-refractivity contribution in [3.63, 3.8) is 0 Å². The molecule has 126 valence electrons. The van der Waals surface area contributed by atoms with Crippen LogP contribution in [0.2, 0.25) is 0 Å². The molecule has 0 amide bonds. The van der Waals surface area contributed by atoms with Crippen molar-refractivity contribution >= 4 is 21.9 Å². The van der Waals surface area contributed by atoms with Gasteiger partial charge in [-0.3, -0.25) is 4.79 Å². The van der Waals surface area contributed by atoms with Crippen molar-refractivity contribution in [1.29, 1.82) is 0 Å². The molecule has 0 fully saturated rings. The fraction of sp³-hybridized carbons (Fsp3) is 0.158. The number of fused-ring (bicyclic) bond motifs is 2. The number of ether oxygens (including phenoxy) is 2. The van der Waals surface area contributed by atoms with Gasteiger partial charge in [-0.25, -0.2) is 4.98 Å². The third-order valence-corrected chi connectivity index (χ3v) is 4.00. The molecule has 0 atom stereocenters. The Hall–Kier alpha value is -3.12. The molecule has 0 unspecified atom stereocenters. The maximum absolute atomic E-state index is 12.4. The lowest BCUT2D eigenvalue weighted by Gasteiger charge is -2.04. The van der Waals surface area contributed by atoms with E-state index in [0.717, 1.165) is 27.7 Å². The van der Waals surface area contributed by atoms with Gasteiger partial charge in [0.25, 0.3) is 5.56 Å². The summed E-state index contributed by atoms with van der Waals surface area (Å²) in [5.74, 6) is 0.760. The van der Waals surface area contributed by atoms with Crippen LogP contribution in [0.1, 0.15) is 0 Å². The highest BCUT2D eigenvalue weighted by molar-refractivity contribution is 5.87. The van der Waals surface area contributed by atoms with Crippen LogP contribution in [0.25, 0.3) is 33.3 Å². The van der Waals surface area contributed by atoms with Gasteiger partial charge < -0.3 is 19.4 Å². The molecule has 0 bridgehead atoms. The molecular weight excluding hydrogens is 318 g/mol. The average Bonchev–Trinajstić information content (AvgIpc) is 3.04. The number of methoxy groups -OCH3 is 1. The van der Waals surface area contributed by atoms with Gasteiger partial charge in [0.2, 0.25) is 0 Å². The predicted octanol–water partition coefficient (Wildman–Crippen LogP) is 3.10. The summed E-state index contributed by atoms with van der Waals surface area (Å²) >= 11 is 0. The monoisotopic (exact) mass is 335 g/mol. The molecule has 4 rings (SSSR count). The van der Waals surface area contributed by atoms with Crippen LogP contribution in [-0.4, -0.2) is 35.3 Å². The molecule has 2 aromatic heterocycles. The minimum Gasteiger partial charge on any atom is -0.491 e. The van der Waals surface area contributed by atoms with E-state index in [1.165, 1.54) is 0 Å². The Kier molecular flexibility index (Phi) is 3.95. The van der Waals surface area contributed by atoms with Gasteiger partial charge in [0.1, 0.15) is 12.4 Å². The Morgan fingerprint density at radius 3 is 2.76 bits per heavy atom. The van der Waals surface area contributed by atoms with E-state index in [4.69, 9.17) is 9.47 Å². The van der Waals surface area contributed by atoms with Crippen LogP contribution in [0.4, 0.5) is 0 Å². The van der Waals surface area contributed by atoms with Crippen LogP contribution in [0, 0.1) is 0 Å². The number of aromatic amines is 2. The van der Waals surface area contributed by atoms with E-state index in [-0.39, 0.29) is 5.56 Å². The molecule has 0 spiro atoms. The first-order chi connectivity index (χ1) is 12.2. The number of nitrogens with one attached hydrogen (secondary N) is 2. The second-order valence-corrected chi connectivity index (χ2v) is 5.71. The summed E-state index contributed by atoms with van der Waals surface area (Å²) < 4.78 is 10.6. The van der Waals surface area contributed by atoms with E-state index in [9.17, 15) is 4.79 Å². The van der Waals surface area contributed by atoms with Crippen LogP contribution in [0.3, 0.4) is 0 Å². The summed E-state index contributed by atoms with van der Waals surface area (Å²) in [4.78, 5) is 23.0. The SMILES string of the molecule is COCCOc1ccc2[nH]c(-c3nc4ccccc4[nH]c3=O)cc2c1. The molecule has 0 saturated heterocycles. The number of aromatic nitrogens is 3. The minimum atomic E-state index is -0.221. The number of benzene rings is 2. The van der Waals surface area contributed by atoms with Crippen LogP contribution >= 0.6 is 0 Å². The molecule has 4 aromatic rings. The van der Waals surface area contributed by atoms with Crippen LogP contribution < -0.4 is 10.3 Å². The van der Waals surface area contributed by atoms with Gasteiger partial charge in [0.05, 0.1) is 23.3 Å². The molecule has 0 saturated carbocycles. The fourth-order valence-corrected chi connectivity index (χ4v) is 2.78. The van der Waals surface area contributed by atoms with Gasteiger partial charge in [-0.1, -0.05) is 12.1 Å². The highest BCUT2D eigenvalue weighted by Gasteiger charge is 2.11. The largest absolute Gasteiger partial charge is 0.491 e. The van der Waals surface area contributed by atoms with Gasteiger partial charge >= 0.3 is 0 Å². The quantitative estimate of drug-likeness (QED) is 0.549. The van der Waals surface area contributed by atoms with E-state index in [2.05, 4.69) is 15.0 Å². The van der Waals surface area contributed by atoms with Gasteiger partial charge in [0, 0.05) is 18.0 Å². The number of rotatable bonds is 5. The van der Waals surface area contributed by atoms with Crippen molar-refractivity contribution in [3.05, 3.63) is 58.9 Å². The third-order valence-electron chi connectivity index (χ3n) is 4.00. The van der Waals surface area contributed by atoms with Crippen molar-refractivity contribution in [3.8, 4) is 17.1 Å². The summed E-state index contributed by atoms with van der Waals surface area (Å²) in [7, 11) is 1.64. The van der Waals surface area contributed by atoms with E-state index in [1.54, 1.807) is 7.11 Å². The lowest BCUT2D eigenvalue weighted by atomic mass is 10.2. The highest BCUT2D eigenvalue weighted by Crippen LogP contribution is 2.25. The van der Waals surface area contributed by atoms with Crippen LogP contribution in [0.15, 0.2) is 53.3 Å². The van der Waals surface area contributed by atoms with Crippen LogP contribution in [0.5, 0.6) is 5.75 Å². The summed E-state index contributed by atoms with van der Waals surface area (Å²) in [6.07, 6.45) is 0. The second kappa shape index (κ2) is 6.41. The first kappa shape index (κ1) is 15.4. The second-order valence-electron chi connectivity index (χ2n) is 5.71. The summed E-state index contributed by atoms with van der Waals surface area (Å²) in [6.45, 7) is 1.03. The number of para-hydroxylation sites is 2. The first-order valence-corrected chi connectivity index (χ1v) is 7.98. The molecule has 0 radical (unpaired) electrons. The highest BCUT2D eigenvalue weighted by atomic mass is 16.5. The fourth-order valence-electron chi connectivity index (χ4n) is 2.78. The topological polar surface area (TPSA) is 80.0 Å². The van der Waals surface area contributed by atoms with Gasteiger partial charge in [-0.2, -0.15) is 0 Å². The molecule has 6 heteroatoms. The van der Waals surface area contributed by atoms with Crippen molar-refractivity contribution in [1.82, 2.24) is 15.0 Å². The maximum Gasteiger partial charge on any atom is 0.276 e. The van der Waals surface area contributed by atoms with Gasteiger partial charge in [-0.05, 0) is 36.4 Å². The molecule has 0 aliphatic carbocycles. The molecule has 0 aliphatic rings. The molecule has 2 aromatic carbocycles. The minimum absolute atomic E-state index is 0.221. The standard InChI is InChI=1S/C19H17N3O3/c1-24-8-9-25-13-6-7-14-12(10-13)11-17(20-14)18-19(23)22-16-5-3-2-4-15(16)21-18/h2-7,10-11,20H,8-9H2,1H3,(H,22,23). The normalized spacial score (nSPS) is 11.2. The maximum atomic E-state index is 12.4. The number of H-pyrrole nitrogens is 2. The van der Waals surface area contributed by atoms with Crippen molar-refractivity contribution in [2.45, 2.75) is 0 Å². The molecule has 0 aliphatic heterocycles. The summed E-state index contributed by atoms with van der Waals surface area (Å²) in [5.41, 5.74) is 3.22. The summed E-state index contributed by atoms with van der Waals surface area (Å²) in [5, 5.41) is 0.958. The zero-order valence-corrected chi connectivity index (χ0v) is 13.7. The lowest BCUT2D eigenvalue weighted by Crippen LogP contribution is -2.11. The Morgan fingerprint density at radius 1 is 1.00 bits per heavy atom. The predicted molar refractivity (Wildman–Crippen MR) is 97.0 cm³/mol. The Morgan fingerprint density at radius 2 is 1.88 bits per heavy atom. The van der Waals surface area contributed by atoms with Gasteiger partial charge in [-0.15, -0.1) is 0 Å². The lowest BCUT2D eigenvalue weighted by molar-refractivity contribution is 0.146. The smallest absolute Gasteiger partial charge is 0.276 e. The van der Waals surface area contributed by atoms with Crippen molar-refractivity contribution in [2.24, 2.45) is 0 Å². The van der Waals surface area contributed by atoms with Crippen molar-refractivity contribution < 1.29 is 9.47 Å². The molecule has 25 heavy (non-hydrogen) atoms. The van der Waals surface area contributed by atoms with E-state index in [1.807, 2.05) is 48.5 Å². The van der Waals surface area contributed by atoms with E-state index < -0.39 is 0 Å². The average molecular weight is 335 g/mol. The molecule has 6 nitrogen and oxygen atoms in total. The summed E-state index contributed by atoms with van der Waals surface area (Å²) in [6, 6.07) is 15.1. The first-order valence-electron chi connectivity index (χ1n) is 7.98.